The maximum absolute atomic E-state index is 12.5. The van der Waals surface area contributed by atoms with E-state index in [2.05, 4.69) is 16.0 Å². The monoisotopic (exact) mass is 399 g/mol. The maximum atomic E-state index is 12.5. The second-order valence-corrected chi connectivity index (χ2v) is 6.46. The van der Waals surface area contributed by atoms with Crippen molar-refractivity contribution in [1.29, 1.82) is 0 Å². The van der Waals surface area contributed by atoms with Crippen LogP contribution in [-0.4, -0.2) is 11.9 Å². The van der Waals surface area contributed by atoms with Crippen molar-refractivity contribution in [3.63, 3.8) is 0 Å². The smallest absolute Gasteiger partial charge is 0.349 e. The zero-order chi connectivity index (χ0) is 20.9. The predicted molar refractivity (Wildman–Crippen MR) is 116 cm³/mol. The quantitative estimate of drug-likeness (QED) is 0.433. The second kappa shape index (κ2) is 8.32. The van der Waals surface area contributed by atoms with Gasteiger partial charge in [-0.1, -0.05) is 36.4 Å². The number of para-hydroxylation sites is 2. The molecular formula is C23H17N3O4. The molecule has 30 heavy (non-hydrogen) atoms. The number of carbonyl (C=O) groups is 2. The summed E-state index contributed by atoms with van der Waals surface area (Å²) in [4.78, 5) is 36.6. The fourth-order valence-electron chi connectivity index (χ4n) is 2.87. The van der Waals surface area contributed by atoms with E-state index in [9.17, 15) is 14.4 Å². The number of amides is 3. The molecule has 0 saturated heterocycles. The molecule has 0 radical (unpaired) electrons. The Morgan fingerprint density at radius 1 is 0.667 bits per heavy atom. The highest BCUT2D eigenvalue weighted by molar-refractivity contribution is 6.05. The third-order valence-electron chi connectivity index (χ3n) is 4.32. The van der Waals surface area contributed by atoms with Crippen LogP contribution in [0.4, 0.5) is 21.9 Å². The number of nitrogens with one attached hydrogen (secondary N) is 3. The Morgan fingerprint density at radius 2 is 1.23 bits per heavy atom. The lowest BCUT2D eigenvalue weighted by atomic mass is 10.1. The molecule has 0 spiro atoms. The van der Waals surface area contributed by atoms with E-state index in [0.717, 1.165) is 0 Å². The molecule has 0 aliphatic heterocycles. The summed E-state index contributed by atoms with van der Waals surface area (Å²) in [6.45, 7) is 0. The van der Waals surface area contributed by atoms with Gasteiger partial charge in [-0.2, -0.15) is 0 Å². The zero-order valence-corrected chi connectivity index (χ0v) is 15.7. The Hall–Kier alpha value is -4.39. The molecule has 1 heterocycles. The number of hydrogen-bond donors (Lipinski definition) is 3. The van der Waals surface area contributed by atoms with E-state index in [-0.39, 0.29) is 11.6 Å². The fraction of sp³-hybridized carbons (Fsp3) is 0. The van der Waals surface area contributed by atoms with Crippen LogP contribution in [0.15, 0.2) is 94.1 Å². The molecule has 0 fully saturated rings. The molecule has 0 atom stereocenters. The molecule has 3 amide bonds. The molecule has 7 heteroatoms. The highest BCUT2D eigenvalue weighted by Crippen LogP contribution is 2.17. The Morgan fingerprint density at radius 3 is 1.93 bits per heavy atom. The van der Waals surface area contributed by atoms with E-state index in [0.29, 0.717) is 28.0 Å². The van der Waals surface area contributed by atoms with Crippen molar-refractivity contribution in [2.45, 2.75) is 0 Å². The van der Waals surface area contributed by atoms with Crippen LogP contribution < -0.4 is 21.6 Å². The van der Waals surface area contributed by atoms with Gasteiger partial charge in [0.2, 0.25) is 0 Å². The first-order valence-electron chi connectivity index (χ1n) is 9.16. The van der Waals surface area contributed by atoms with Gasteiger partial charge in [0.25, 0.3) is 5.91 Å². The van der Waals surface area contributed by atoms with Crippen molar-refractivity contribution in [3.8, 4) is 0 Å². The van der Waals surface area contributed by atoms with Gasteiger partial charge in [-0.3, -0.25) is 4.79 Å². The number of benzene rings is 3. The van der Waals surface area contributed by atoms with E-state index in [4.69, 9.17) is 4.42 Å². The van der Waals surface area contributed by atoms with Crippen LogP contribution in [0.5, 0.6) is 0 Å². The first kappa shape index (κ1) is 18.9. The highest BCUT2D eigenvalue weighted by atomic mass is 16.4. The first-order chi connectivity index (χ1) is 14.6. The molecule has 7 nitrogen and oxygen atoms in total. The van der Waals surface area contributed by atoms with Crippen molar-refractivity contribution in [3.05, 3.63) is 101 Å². The van der Waals surface area contributed by atoms with Crippen LogP contribution in [0.1, 0.15) is 10.4 Å². The lowest BCUT2D eigenvalue weighted by Crippen LogP contribution is -2.21. The molecule has 1 aromatic heterocycles. The van der Waals surface area contributed by atoms with Gasteiger partial charge in [0.15, 0.2) is 0 Å². The number of hydrogen-bond acceptors (Lipinski definition) is 4. The van der Waals surface area contributed by atoms with Gasteiger partial charge in [0.1, 0.15) is 11.1 Å². The van der Waals surface area contributed by atoms with Crippen molar-refractivity contribution in [2.75, 3.05) is 16.0 Å². The Labute approximate surface area is 171 Å². The first-order valence-corrected chi connectivity index (χ1v) is 9.16. The largest absolute Gasteiger partial charge is 0.422 e. The molecule has 0 aliphatic carbocycles. The lowest BCUT2D eigenvalue weighted by Gasteiger charge is -2.09. The van der Waals surface area contributed by atoms with Crippen LogP contribution in [0.2, 0.25) is 0 Å². The van der Waals surface area contributed by atoms with Gasteiger partial charge >= 0.3 is 11.7 Å². The van der Waals surface area contributed by atoms with Gasteiger partial charge in [-0.25, -0.2) is 9.59 Å². The van der Waals surface area contributed by atoms with E-state index >= 15 is 0 Å². The summed E-state index contributed by atoms with van der Waals surface area (Å²) >= 11 is 0. The molecule has 3 aromatic carbocycles. The predicted octanol–water partition coefficient (Wildman–Crippen LogP) is 4.69. The Balaban J connectivity index is 1.42. The van der Waals surface area contributed by atoms with Gasteiger partial charge < -0.3 is 20.4 Å². The molecule has 0 bridgehead atoms. The normalized spacial score (nSPS) is 10.4. The van der Waals surface area contributed by atoms with Crippen LogP contribution in [-0.2, 0) is 0 Å². The number of anilines is 3. The third-order valence-corrected chi connectivity index (χ3v) is 4.32. The lowest BCUT2D eigenvalue weighted by molar-refractivity contribution is 0.102. The minimum atomic E-state index is -0.706. The van der Waals surface area contributed by atoms with E-state index in [1.807, 2.05) is 18.2 Å². The van der Waals surface area contributed by atoms with Gasteiger partial charge in [-0.05, 0) is 48.5 Å². The van der Waals surface area contributed by atoms with Crippen molar-refractivity contribution in [2.24, 2.45) is 0 Å². The molecule has 4 rings (SSSR count). The summed E-state index contributed by atoms with van der Waals surface area (Å²) in [6.07, 6.45) is 0. The number of rotatable bonds is 4. The molecular weight excluding hydrogens is 382 g/mol. The number of carbonyl (C=O) groups excluding carboxylic acids is 2. The number of urea groups is 1. The summed E-state index contributed by atoms with van der Waals surface area (Å²) in [5.74, 6) is -0.572. The van der Waals surface area contributed by atoms with Crippen molar-refractivity contribution >= 4 is 40.0 Å². The van der Waals surface area contributed by atoms with E-state index in [1.54, 1.807) is 60.7 Å². The summed E-state index contributed by atoms with van der Waals surface area (Å²) in [6, 6.07) is 23.7. The zero-order valence-electron chi connectivity index (χ0n) is 15.7. The van der Waals surface area contributed by atoms with Crippen molar-refractivity contribution < 1.29 is 14.0 Å². The van der Waals surface area contributed by atoms with E-state index < -0.39 is 11.5 Å². The van der Waals surface area contributed by atoms with Gasteiger partial charge in [0.05, 0.1) is 0 Å². The molecule has 3 N–H and O–H groups in total. The molecule has 0 aliphatic rings. The second-order valence-electron chi connectivity index (χ2n) is 6.46. The fourth-order valence-corrected chi connectivity index (χ4v) is 2.87. The summed E-state index contributed by atoms with van der Waals surface area (Å²) in [7, 11) is 0. The molecule has 4 aromatic rings. The average molecular weight is 399 g/mol. The van der Waals surface area contributed by atoms with Crippen LogP contribution in [0.25, 0.3) is 11.0 Å². The minimum absolute atomic E-state index is 0.0851. The van der Waals surface area contributed by atoms with Gasteiger partial charge in [-0.15, -0.1) is 0 Å². The topological polar surface area (TPSA) is 100 Å². The average Bonchev–Trinajstić information content (AvgIpc) is 2.75. The molecule has 148 valence electrons. The SMILES string of the molecule is O=C(Nc1ccccc1)Nc1ccc(NC(=O)c2cc3ccccc3oc2=O)cc1. The Bertz CT molecular complexity index is 1270. The highest BCUT2D eigenvalue weighted by Gasteiger charge is 2.14. The summed E-state index contributed by atoms with van der Waals surface area (Å²) in [5, 5.41) is 8.73. The Kier molecular flexibility index (Phi) is 5.25. The van der Waals surface area contributed by atoms with Crippen molar-refractivity contribution in [1.82, 2.24) is 0 Å². The van der Waals surface area contributed by atoms with Crippen LogP contribution in [0, 0.1) is 0 Å². The third kappa shape index (κ3) is 4.36. The molecule has 0 saturated carbocycles. The maximum Gasteiger partial charge on any atom is 0.349 e. The summed E-state index contributed by atoms with van der Waals surface area (Å²) < 4.78 is 5.19. The van der Waals surface area contributed by atoms with E-state index in [1.165, 1.54) is 6.07 Å². The van der Waals surface area contributed by atoms with Gasteiger partial charge in [0, 0.05) is 22.4 Å². The number of fused-ring (bicyclic) bond motifs is 1. The summed E-state index contributed by atoms with van der Waals surface area (Å²) in [5.41, 5.74) is 1.32. The standard InChI is InChI=1S/C23H17N3O4/c27-21(19-14-15-6-4-5-9-20(15)30-22(19)28)24-17-10-12-18(13-11-17)26-23(29)25-16-7-2-1-3-8-16/h1-14H,(H,24,27)(H2,25,26,29). The van der Waals surface area contributed by atoms with Crippen LogP contribution in [0.3, 0.4) is 0 Å². The minimum Gasteiger partial charge on any atom is -0.422 e. The van der Waals surface area contributed by atoms with Crippen LogP contribution >= 0.6 is 0 Å². The molecule has 0 unspecified atom stereocenters.